The molecular weight excluding hydrogens is 480 g/mol. The zero-order valence-corrected chi connectivity index (χ0v) is 20.6. The van der Waals surface area contributed by atoms with Gasteiger partial charge in [-0.05, 0) is 33.3 Å². The number of nitrogens with zero attached hydrogens (tertiary/aromatic N) is 4. The minimum Gasteiger partial charge on any atom is -0.462 e. The van der Waals surface area contributed by atoms with Gasteiger partial charge in [0.15, 0.2) is 16.0 Å². The second-order valence-electron chi connectivity index (χ2n) is 5.34. The van der Waals surface area contributed by atoms with E-state index in [1.165, 1.54) is 35.9 Å². The number of hydrogen-bond donors (Lipinski definition) is 0. The number of aromatic nitrogens is 4. The van der Waals surface area contributed by atoms with Crippen molar-refractivity contribution in [2.45, 2.75) is 31.1 Å². The highest BCUT2D eigenvalue weighted by Gasteiger charge is 2.22. The van der Waals surface area contributed by atoms with E-state index < -0.39 is 17.9 Å². The molecule has 0 spiro atoms. The molecule has 2 aromatic rings. The molecule has 2 aromatic heterocycles. The maximum Gasteiger partial charge on any atom is 0.357 e. The number of esters is 3. The summed E-state index contributed by atoms with van der Waals surface area (Å²) in [7, 11) is 0. The van der Waals surface area contributed by atoms with E-state index in [1.54, 1.807) is 27.0 Å². The van der Waals surface area contributed by atoms with Crippen LogP contribution in [-0.4, -0.2) is 70.2 Å². The van der Waals surface area contributed by atoms with Gasteiger partial charge in [0.25, 0.3) is 0 Å². The molecule has 0 N–H and O–H groups in total. The van der Waals surface area contributed by atoms with Crippen molar-refractivity contribution in [1.82, 2.24) is 19.9 Å². The summed E-state index contributed by atoms with van der Waals surface area (Å²) < 4.78 is 14.5. The summed E-state index contributed by atoms with van der Waals surface area (Å²) in [4.78, 5) is 50.4. The van der Waals surface area contributed by atoms with Crippen molar-refractivity contribution in [3.05, 3.63) is 34.4 Å². The Bertz CT molecular complexity index is 948. The topological polar surface area (TPSA) is 130 Å². The summed E-state index contributed by atoms with van der Waals surface area (Å²) >= 11 is 8.40. The lowest BCUT2D eigenvalue weighted by Crippen LogP contribution is -2.17. The molecule has 0 fully saturated rings. The Balaban J connectivity index is 0.000000330. The Morgan fingerprint density at radius 1 is 0.781 bits per heavy atom. The SMILES string of the molecule is CCOC(=O)c1cnc(SC)nc1C(=O)OCC.CCOC(=O)c1cnc(SC)nc1Cl. The molecule has 0 aromatic carbocycles. The molecule has 0 atom stereocenters. The van der Waals surface area contributed by atoms with Gasteiger partial charge >= 0.3 is 17.9 Å². The fourth-order valence-corrected chi connectivity index (χ4v) is 2.90. The van der Waals surface area contributed by atoms with E-state index in [-0.39, 0.29) is 35.2 Å². The van der Waals surface area contributed by atoms with Gasteiger partial charge in [-0.3, -0.25) is 0 Å². The van der Waals surface area contributed by atoms with Crippen LogP contribution in [0.1, 0.15) is 52.0 Å². The standard InChI is InChI=1S/C11H14N2O4S.C8H9ClN2O2S/c1-4-16-9(14)7-6-12-11(18-3)13-8(7)10(15)17-5-2;1-3-13-7(12)5-4-10-8(14-2)11-6(5)9/h6H,4-5H2,1-3H3;4H,3H2,1-2H3. The Kier molecular flexibility index (Phi) is 12.6. The maximum absolute atomic E-state index is 11.7. The number of ether oxygens (including phenoxy) is 3. The van der Waals surface area contributed by atoms with E-state index in [9.17, 15) is 14.4 Å². The minimum atomic E-state index is -0.654. The zero-order valence-electron chi connectivity index (χ0n) is 18.2. The molecule has 0 aliphatic carbocycles. The molecule has 13 heteroatoms. The van der Waals surface area contributed by atoms with Crippen molar-refractivity contribution in [2.75, 3.05) is 32.3 Å². The van der Waals surface area contributed by atoms with Crippen molar-refractivity contribution in [3.8, 4) is 0 Å². The summed E-state index contributed by atoms with van der Waals surface area (Å²) in [5, 5.41) is 1.05. The molecule has 0 amide bonds. The van der Waals surface area contributed by atoms with E-state index >= 15 is 0 Å². The lowest BCUT2D eigenvalue weighted by Gasteiger charge is -2.07. The largest absolute Gasteiger partial charge is 0.462 e. The van der Waals surface area contributed by atoms with E-state index in [0.29, 0.717) is 16.9 Å². The molecule has 174 valence electrons. The Morgan fingerprint density at radius 3 is 1.69 bits per heavy atom. The third-order valence-electron chi connectivity index (χ3n) is 3.31. The normalized spacial score (nSPS) is 9.94. The first kappa shape index (κ1) is 27.6. The van der Waals surface area contributed by atoms with Gasteiger partial charge in [-0.2, -0.15) is 0 Å². The van der Waals surface area contributed by atoms with Gasteiger partial charge in [0, 0.05) is 12.4 Å². The van der Waals surface area contributed by atoms with Crippen LogP contribution in [0.4, 0.5) is 0 Å². The van der Waals surface area contributed by atoms with Crippen LogP contribution in [0.3, 0.4) is 0 Å². The van der Waals surface area contributed by atoms with Crippen molar-refractivity contribution >= 4 is 53.0 Å². The summed E-state index contributed by atoms with van der Waals surface area (Å²) in [6.07, 6.45) is 6.26. The van der Waals surface area contributed by atoms with Crippen LogP contribution in [0.25, 0.3) is 0 Å². The molecule has 0 bridgehead atoms. The fraction of sp³-hybridized carbons (Fsp3) is 0.421. The van der Waals surface area contributed by atoms with Gasteiger partial charge < -0.3 is 14.2 Å². The predicted molar refractivity (Wildman–Crippen MR) is 121 cm³/mol. The smallest absolute Gasteiger partial charge is 0.357 e. The molecule has 0 saturated heterocycles. The Labute approximate surface area is 199 Å². The van der Waals surface area contributed by atoms with Crippen LogP contribution >= 0.6 is 35.1 Å². The van der Waals surface area contributed by atoms with E-state index in [4.69, 9.17) is 25.8 Å². The van der Waals surface area contributed by atoms with E-state index in [1.807, 2.05) is 6.26 Å². The average Bonchev–Trinajstić information content (AvgIpc) is 2.79. The second-order valence-corrected chi connectivity index (χ2v) is 7.25. The Morgan fingerprint density at radius 2 is 1.22 bits per heavy atom. The molecule has 2 rings (SSSR count). The van der Waals surface area contributed by atoms with Crippen LogP contribution in [0.2, 0.25) is 5.15 Å². The molecule has 0 unspecified atom stereocenters. The van der Waals surface area contributed by atoms with Gasteiger partial charge in [-0.25, -0.2) is 34.3 Å². The third kappa shape index (κ3) is 8.24. The molecular formula is C19H23ClN4O6S2. The number of carbonyl (C=O) groups is 3. The monoisotopic (exact) mass is 502 g/mol. The van der Waals surface area contributed by atoms with Crippen LogP contribution < -0.4 is 0 Å². The molecule has 0 saturated carbocycles. The first-order valence-corrected chi connectivity index (χ1v) is 12.1. The number of rotatable bonds is 8. The van der Waals surface area contributed by atoms with E-state index in [0.717, 1.165) is 0 Å². The van der Waals surface area contributed by atoms with Crippen molar-refractivity contribution in [3.63, 3.8) is 0 Å². The van der Waals surface area contributed by atoms with Crippen molar-refractivity contribution in [2.24, 2.45) is 0 Å². The van der Waals surface area contributed by atoms with E-state index in [2.05, 4.69) is 19.9 Å². The van der Waals surface area contributed by atoms with Crippen molar-refractivity contribution in [1.29, 1.82) is 0 Å². The molecule has 2 heterocycles. The third-order valence-corrected chi connectivity index (χ3v) is 4.72. The number of thioether (sulfide) groups is 2. The molecule has 0 radical (unpaired) electrons. The first-order chi connectivity index (χ1) is 15.3. The number of carbonyl (C=O) groups excluding carboxylic acids is 3. The highest BCUT2D eigenvalue weighted by molar-refractivity contribution is 7.98. The quantitative estimate of drug-likeness (QED) is 0.172. The molecule has 10 nitrogen and oxygen atoms in total. The molecule has 32 heavy (non-hydrogen) atoms. The molecule has 0 aliphatic rings. The van der Waals surface area contributed by atoms with Gasteiger partial charge in [0.2, 0.25) is 0 Å². The van der Waals surface area contributed by atoms with Crippen LogP contribution in [-0.2, 0) is 14.2 Å². The van der Waals surface area contributed by atoms with Gasteiger partial charge in [-0.1, -0.05) is 35.1 Å². The second kappa shape index (κ2) is 14.6. The van der Waals surface area contributed by atoms with Gasteiger partial charge in [-0.15, -0.1) is 0 Å². The summed E-state index contributed by atoms with van der Waals surface area (Å²) in [6, 6.07) is 0. The zero-order chi connectivity index (χ0) is 24.1. The first-order valence-electron chi connectivity index (χ1n) is 9.31. The number of hydrogen-bond acceptors (Lipinski definition) is 12. The van der Waals surface area contributed by atoms with Gasteiger partial charge in [0.05, 0.1) is 19.8 Å². The Hall–Kier alpha value is -2.44. The lowest BCUT2D eigenvalue weighted by molar-refractivity contribution is 0.0471. The molecule has 0 aliphatic heterocycles. The van der Waals surface area contributed by atoms with Crippen LogP contribution in [0, 0.1) is 0 Å². The highest BCUT2D eigenvalue weighted by atomic mass is 35.5. The van der Waals surface area contributed by atoms with Gasteiger partial charge in [0.1, 0.15) is 16.3 Å². The fourth-order valence-electron chi connectivity index (χ4n) is 1.97. The van der Waals surface area contributed by atoms with Crippen molar-refractivity contribution < 1.29 is 28.6 Å². The summed E-state index contributed by atoms with van der Waals surface area (Å²) in [5.74, 6) is -1.78. The lowest BCUT2D eigenvalue weighted by atomic mass is 10.2. The minimum absolute atomic E-state index is 0.0214. The predicted octanol–water partition coefficient (Wildman–Crippen LogP) is 3.58. The average molecular weight is 503 g/mol. The summed E-state index contributed by atoms with van der Waals surface area (Å²) in [6.45, 7) is 5.81. The van der Waals surface area contributed by atoms with Crippen LogP contribution in [0.15, 0.2) is 22.7 Å². The number of halogens is 1. The maximum atomic E-state index is 11.7. The van der Waals surface area contributed by atoms with Crippen LogP contribution in [0.5, 0.6) is 0 Å². The summed E-state index contributed by atoms with van der Waals surface area (Å²) in [5.41, 5.74) is 0.161. The highest BCUT2D eigenvalue weighted by Crippen LogP contribution is 2.17.